The molecule has 0 amide bonds. The van der Waals surface area contributed by atoms with Crippen LogP contribution < -0.4 is 0 Å². The van der Waals surface area contributed by atoms with Crippen molar-refractivity contribution in [3.63, 3.8) is 0 Å². The van der Waals surface area contributed by atoms with E-state index in [0.29, 0.717) is 26.1 Å². The highest BCUT2D eigenvalue weighted by Crippen LogP contribution is 2.06. The molecular formula is C25H42O4. The molecule has 0 aliphatic heterocycles. The predicted octanol–water partition coefficient (Wildman–Crippen LogP) is 6.50. The molecule has 4 nitrogen and oxygen atoms in total. The maximum atomic E-state index is 11.8. The monoisotopic (exact) mass is 406 g/mol. The maximum absolute atomic E-state index is 11.8. The standard InChI is InChI=1S/C25H42O4/c1-3-5-7-8-9-10-11-12-13-14-15-16-18-24(26)19-20-25(27)29-23-17-22-28-21-6-4-2/h8-13H,3-7,14-23H2,1-2H3. The van der Waals surface area contributed by atoms with Gasteiger partial charge in [0, 0.05) is 32.5 Å². The van der Waals surface area contributed by atoms with Crippen LogP contribution in [-0.4, -0.2) is 31.6 Å². The summed E-state index contributed by atoms with van der Waals surface area (Å²) >= 11 is 0. The van der Waals surface area contributed by atoms with Crippen LogP contribution in [0.5, 0.6) is 0 Å². The minimum absolute atomic E-state index is 0.144. The van der Waals surface area contributed by atoms with Crippen LogP contribution in [0.15, 0.2) is 36.5 Å². The van der Waals surface area contributed by atoms with Gasteiger partial charge in [-0.2, -0.15) is 0 Å². The van der Waals surface area contributed by atoms with Gasteiger partial charge in [-0.15, -0.1) is 0 Å². The fourth-order valence-corrected chi connectivity index (χ4v) is 2.52. The minimum atomic E-state index is -0.287. The fraction of sp³-hybridized carbons (Fsp3) is 0.680. The Kier molecular flexibility index (Phi) is 21.3. The van der Waals surface area contributed by atoms with Gasteiger partial charge in [-0.3, -0.25) is 9.59 Å². The van der Waals surface area contributed by atoms with Gasteiger partial charge in [0.1, 0.15) is 5.78 Å². The number of unbranched alkanes of at least 4 members (excludes halogenated alkanes) is 5. The lowest BCUT2D eigenvalue weighted by atomic mass is 10.1. The molecule has 0 atom stereocenters. The molecule has 0 saturated heterocycles. The van der Waals surface area contributed by atoms with Gasteiger partial charge in [0.05, 0.1) is 13.0 Å². The molecule has 0 aliphatic rings. The normalized spacial score (nSPS) is 11.8. The van der Waals surface area contributed by atoms with Crippen LogP contribution in [-0.2, 0) is 19.1 Å². The van der Waals surface area contributed by atoms with Crippen LogP contribution in [0.3, 0.4) is 0 Å². The summed E-state index contributed by atoms with van der Waals surface area (Å²) in [6.45, 7) is 6.07. The van der Waals surface area contributed by atoms with Gasteiger partial charge in [0.15, 0.2) is 0 Å². The van der Waals surface area contributed by atoms with E-state index >= 15 is 0 Å². The van der Waals surface area contributed by atoms with E-state index in [1.54, 1.807) is 0 Å². The Hall–Kier alpha value is -1.68. The quantitative estimate of drug-likeness (QED) is 0.131. The molecule has 29 heavy (non-hydrogen) atoms. The van der Waals surface area contributed by atoms with E-state index in [4.69, 9.17) is 9.47 Å². The maximum Gasteiger partial charge on any atom is 0.306 e. The van der Waals surface area contributed by atoms with Crippen molar-refractivity contribution in [2.75, 3.05) is 19.8 Å². The molecule has 0 heterocycles. The summed E-state index contributed by atoms with van der Waals surface area (Å²) in [6, 6.07) is 0. The first-order chi connectivity index (χ1) is 14.2. The number of allylic oxidation sites excluding steroid dienone is 6. The Morgan fingerprint density at radius 3 is 2.00 bits per heavy atom. The van der Waals surface area contributed by atoms with Gasteiger partial charge in [-0.1, -0.05) is 69.6 Å². The fourth-order valence-electron chi connectivity index (χ4n) is 2.52. The summed E-state index contributed by atoms with van der Waals surface area (Å²) in [4.78, 5) is 23.5. The van der Waals surface area contributed by atoms with Crippen molar-refractivity contribution in [3.05, 3.63) is 36.5 Å². The van der Waals surface area contributed by atoms with E-state index in [9.17, 15) is 9.59 Å². The summed E-state index contributed by atoms with van der Waals surface area (Å²) in [5.74, 6) is -0.142. The molecule has 4 heteroatoms. The van der Waals surface area contributed by atoms with Gasteiger partial charge in [-0.25, -0.2) is 0 Å². The highest BCUT2D eigenvalue weighted by atomic mass is 16.5. The van der Waals surface area contributed by atoms with Gasteiger partial charge in [0.2, 0.25) is 0 Å². The third-order valence-electron chi connectivity index (χ3n) is 4.35. The van der Waals surface area contributed by atoms with Crippen molar-refractivity contribution in [2.45, 2.75) is 90.9 Å². The smallest absolute Gasteiger partial charge is 0.306 e. The molecule has 0 radical (unpaired) electrons. The van der Waals surface area contributed by atoms with Crippen molar-refractivity contribution in [1.82, 2.24) is 0 Å². The van der Waals surface area contributed by atoms with E-state index in [1.165, 1.54) is 12.8 Å². The number of rotatable bonds is 20. The van der Waals surface area contributed by atoms with Crippen molar-refractivity contribution < 1.29 is 19.1 Å². The number of hydrogen-bond acceptors (Lipinski definition) is 4. The van der Waals surface area contributed by atoms with Crippen LogP contribution in [0.1, 0.15) is 90.9 Å². The molecule has 166 valence electrons. The van der Waals surface area contributed by atoms with Gasteiger partial charge in [-0.05, 0) is 32.1 Å². The van der Waals surface area contributed by atoms with E-state index in [1.807, 2.05) is 12.2 Å². The Balaban J connectivity index is 3.50. The summed E-state index contributed by atoms with van der Waals surface area (Å²) in [7, 11) is 0. The van der Waals surface area contributed by atoms with Crippen molar-refractivity contribution >= 4 is 11.8 Å². The number of ketones is 1. The highest BCUT2D eigenvalue weighted by Gasteiger charge is 2.07. The first kappa shape index (κ1) is 27.3. The van der Waals surface area contributed by atoms with Crippen LogP contribution in [0, 0.1) is 0 Å². The van der Waals surface area contributed by atoms with Crippen molar-refractivity contribution in [3.8, 4) is 0 Å². The van der Waals surface area contributed by atoms with E-state index in [-0.39, 0.29) is 24.6 Å². The van der Waals surface area contributed by atoms with Crippen LogP contribution in [0.2, 0.25) is 0 Å². The van der Waals surface area contributed by atoms with Gasteiger partial charge in [0.25, 0.3) is 0 Å². The number of hydrogen-bond donors (Lipinski definition) is 0. The summed E-state index contributed by atoms with van der Waals surface area (Å²) in [5.41, 5.74) is 0. The first-order valence-corrected chi connectivity index (χ1v) is 11.4. The molecule has 0 aromatic carbocycles. The molecule has 0 aromatic heterocycles. The molecule has 0 N–H and O–H groups in total. The SMILES string of the molecule is CCCCC=CC=CC=CCCCCC(=O)CCC(=O)OCCCOCCCC. The Labute approximate surface area is 178 Å². The zero-order valence-corrected chi connectivity index (χ0v) is 18.7. The van der Waals surface area contributed by atoms with Crippen molar-refractivity contribution in [2.24, 2.45) is 0 Å². The first-order valence-electron chi connectivity index (χ1n) is 11.4. The average molecular weight is 407 g/mol. The van der Waals surface area contributed by atoms with Gasteiger partial charge < -0.3 is 9.47 Å². The lowest BCUT2D eigenvalue weighted by Crippen LogP contribution is -2.10. The second kappa shape index (κ2) is 22.6. The molecule has 0 rings (SSSR count). The third-order valence-corrected chi connectivity index (χ3v) is 4.35. The predicted molar refractivity (Wildman–Crippen MR) is 121 cm³/mol. The summed E-state index contributed by atoms with van der Waals surface area (Å²) < 4.78 is 10.5. The lowest BCUT2D eigenvalue weighted by Gasteiger charge is -2.05. The zero-order chi connectivity index (χ0) is 21.4. The minimum Gasteiger partial charge on any atom is -0.466 e. The molecule has 0 fully saturated rings. The molecule has 0 unspecified atom stereocenters. The molecule has 0 aromatic rings. The zero-order valence-electron chi connectivity index (χ0n) is 18.7. The number of carbonyl (C=O) groups excluding carboxylic acids is 2. The second-order valence-electron chi connectivity index (χ2n) is 7.21. The van der Waals surface area contributed by atoms with E-state index in [0.717, 1.165) is 45.1 Å². The largest absolute Gasteiger partial charge is 0.466 e. The van der Waals surface area contributed by atoms with E-state index < -0.39 is 0 Å². The average Bonchev–Trinajstić information content (AvgIpc) is 2.72. The lowest BCUT2D eigenvalue weighted by molar-refractivity contribution is -0.145. The van der Waals surface area contributed by atoms with Gasteiger partial charge >= 0.3 is 5.97 Å². The molecule has 0 bridgehead atoms. The topological polar surface area (TPSA) is 52.6 Å². The summed E-state index contributed by atoms with van der Waals surface area (Å²) in [6.07, 6.45) is 22.9. The second-order valence-corrected chi connectivity index (χ2v) is 7.21. The molecular weight excluding hydrogens is 364 g/mol. The molecule has 0 aliphatic carbocycles. The molecule has 0 spiro atoms. The summed E-state index contributed by atoms with van der Waals surface area (Å²) in [5, 5.41) is 0. The number of esters is 1. The molecule has 0 saturated carbocycles. The third kappa shape index (κ3) is 22.5. The van der Waals surface area contributed by atoms with Crippen LogP contribution in [0.4, 0.5) is 0 Å². The Morgan fingerprint density at radius 1 is 0.655 bits per heavy atom. The number of ether oxygens (including phenoxy) is 2. The Bertz CT molecular complexity index is 477. The highest BCUT2D eigenvalue weighted by molar-refractivity contribution is 5.82. The van der Waals surface area contributed by atoms with Crippen molar-refractivity contribution in [1.29, 1.82) is 0 Å². The van der Waals surface area contributed by atoms with E-state index in [2.05, 4.69) is 38.2 Å². The van der Waals surface area contributed by atoms with Crippen LogP contribution in [0.25, 0.3) is 0 Å². The Morgan fingerprint density at radius 2 is 1.31 bits per heavy atom. The number of Topliss-reactive ketones (excluding diaryl/α,β-unsaturated/α-hetero) is 1. The number of carbonyl (C=O) groups is 2. The van der Waals surface area contributed by atoms with Crippen LogP contribution >= 0.6 is 0 Å².